The van der Waals surface area contributed by atoms with Gasteiger partial charge in [-0.2, -0.15) is 0 Å². The van der Waals surface area contributed by atoms with E-state index in [4.69, 9.17) is 24.3 Å². The summed E-state index contributed by atoms with van der Waals surface area (Å²) < 4.78 is 32.6. The van der Waals surface area contributed by atoms with Crippen molar-refractivity contribution >= 4 is 19.8 Å². The molecule has 0 aromatic carbocycles. The summed E-state index contributed by atoms with van der Waals surface area (Å²) in [7, 11) is -4.39. The van der Waals surface area contributed by atoms with Crippen LogP contribution in [0.1, 0.15) is 168 Å². The summed E-state index contributed by atoms with van der Waals surface area (Å²) in [6.07, 6.45) is 45.5. The molecular weight excluding hydrogens is 689 g/mol. The van der Waals surface area contributed by atoms with Gasteiger partial charge >= 0.3 is 19.8 Å². The molecule has 0 rings (SSSR count). The first kappa shape index (κ1) is 50.7. The number of ether oxygens (including phenoxy) is 2. The van der Waals surface area contributed by atoms with Gasteiger partial charge in [-0.05, 0) is 51.4 Å². The number of rotatable bonds is 38. The van der Waals surface area contributed by atoms with E-state index in [1.165, 1.54) is 89.9 Å². The van der Waals surface area contributed by atoms with E-state index in [1.807, 2.05) is 12.2 Å². The third kappa shape index (κ3) is 39.2. The Morgan fingerprint density at radius 2 is 1.02 bits per heavy atom. The predicted molar refractivity (Wildman–Crippen MR) is 219 cm³/mol. The van der Waals surface area contributed by atoms with E-state index in [1.54, 1.807) is 0 Å². The molecule has 306 valence electrons. The smallest absolute Gasteiger partial charge is 0.462 e. The minimum absolute atomic E-state index is 0.0407. The molecule has 0 radical (unpaired) electrons. The van der Waals surface area contributed by atoms with Gasteiger partial charge in [0.15, 0.2) is 6.10 Å². The van der Waals surface area contributed by atoms with Crippen LogP contribution in [0, 0.1) is 0 Å². The average Bonchev–Trinajstić information content (AvgIpc) is 3.14. The summed E-state index contributed by atoms with van der Waals surface area (Å²) >= 11 is 0. The predicted octanol–water partition coefficient (Wildman–Crippen LogP) is 11.7. The SMILES string of the molecule is CCCCC/C=C\C/C=C\C/C=C\C/C=C\C/C=C\CCC(=O)OC(COC(=O)CCCCCCCCCCCCCCC)COP(=O)(O)OCCN. The number of unbranched alkanes of at least 4 members (excludes halogenated alkanes) is 15. The van der Waals surface area contributed by atoms with Gasteiger partial charge in [-0.3, -0.25) is 18.6 Å². The van der Waals surface area contributed by atoms with Gasteiger partial charge in [0.1, 0.15) is 6.61 Å². The van der Waals surface area contributed by atoms with Crippen LogP contribution in [0.25, 0.3) is 0 Å². The molecule has 0 aliphatic rings. The number of carbonyl (C=O) groups is 2. The van der Waals surface area contributed by atoms with E-state index in [9.17, 15) is 19.0 Å². The number of hydrogen-bond acceptors (Lipinski definition) is 8. The van der Waals surface area contributed by atoms with Crippen LogP contribution in [0.15, 0.2) is 60.8 Å². The van der Waals surface area contributed by atoms with Gasteiger partial charge in [-0.25, -0.2) is 4.57 Å². The maximum Gasteiger partial charge on any atom is 0.472 e. The first-order valence-corrected chi connectivity index (χ1v) is 22.3. The lowest BCUT2D eigenvalue weighted by Crippen LogP contribution is -2.29. The third-order valence-corrected chi connectivity index (χ3v) is 9.40. The van der Waals surface area contributed by atoms with Gasteiger partial charge < -0.3 is 20.1 Å². The van der Waals surface area contributed by atoms with Crippen LogP contribution in [0.3, 0.4) is 0 Å². The van der Waals surface area contributed by atoms with Gasteiger partial charge in [0.2, 0.25) is 0 Å². The number of carbonyl (C=O) groups excluding carboxylic acids is 2. The van der Waals surface area contributed by atoms with Gasteiger partial charge in [-0.15, -0.1) is 0 Å². The zero-order valence-corrected chi connectivity index (χ0v) is 34.4. The van der Waals surface area contributed by atoms with E-state index < -0.39 is 32.5 Å². The van der Waals surface area contributed by atoms with E-state index in [0.717, 1.165) is 44.9 Å². The molecule has 2 atom stereocenters. The molecular formula is C43H76NO8P. The number of phosphoric ester groups is 1. The van der Waals surface area contributed by atoms with Crippen molar-refractivity contribution in [2.24, 2.45) is 5.73 Å². The van der Waals surface area contributed by atoms with E-state index >= 15 is 0 Å². The van der Waals surface area contributed by atoms with Crippen molar-refractivity contribution in [2.75, 3.05) is 26.4 Å². The minimum atomic E-state index is -4.39. The second-order valence-electron chi connectivity index (χ2n) is 13.5. The zero-order valence-electron chi connectivity index (χ0n) is 33.5. The molecule has 0 spiro atoms. The van der Waals surface area contributed by atoms with E-state index in [0.29, 0.717) is 6.42 Å². The highest BCUT2D eigenvalue weighted by Crippen LogP contribution is 2.43. The Morgan fingerprint density at radius 1 is 0.566 bits per heavy atom. The highest BCUT2D eigenvalue weighted by atomic mass is 31.2. The summed E-state index contributed by atoms with van der Waals surface area (Å²) in [5.41, 5.74) is 5.33. The lowest BCUT2D eigenvalue weighted by atomic mass is 10.0. The first-order valence-electron chi connectivity index (χ1n) is 20.8. The lowest BCUT2D eigenvalue weighted by molar-refractivity contribution is -0.161. The fraction of sp³-hybridized carbons (Fsp3) is 0.721. The molecule has 0 bridgehead atoms. The lowest BCUT2D eigenvalue weighted by Gasteiger charge is -2.19. The molecule has 10 heteroatoms. The van der Waals surface area contributed by atoms with Crippen molar-refractivity contribution in [1.82, 2.24) is 0 Å². The number of allylic oxidation sites excluding steroid dienone is 10. The van der Waals surface area contributed by atoms with Crippen molar-refractivity contribution in [3.05, 3.63) is 60.8 Å². The summed E-state index contributed by atoms with van der Waals surface area (Å²) in [4.78, 5) is 34.7. The van der Waals surface area contributed by atoms with Crippen molar-refractivity contribution in [1.29, 1.82) is 0 Å². The Kier molecular flexibility index (Phi) is 37.7. The standard InChI is InChI=1S/C43H76NO8P/c1-3-5-7-9-11-13-15-17-18-19-20-21-22-24-26-28-30-32-34-36-43(46)52-41(40-51-53(47,48)50-38-37-44)39-49-42(45)35-33-31-29-27-25-23-16-14-12-10-8-6-4-2/h11,13,17-18,20-21,24,26,30,32,41H,3-10,12,14-16,19,22-23,25,27-29,31,33-40,44H2,1-2H3,(H,47,48)/b13-11-,18-17-,21-20-,26-24-,32-30-. The Hall–Kier alpha value is -2.29. The molecule has 0 aliphatic heterocycles. The van der Waals surface area contributed by atoms with Crippen molar-refractivity contribution < 1.29 is 37.6 Å². The quantitative estimate of drug-likeness (QED) is 0.0272. The average molecular weight is 766 g/mol. The zero-order chi connectivity index (χ0) is 38.9. The fourth-order valence-corrected chi connectivity index (χ4v) is 6.09. The number of hydrogen-bond donors (Lipinski definition) is 2. The second kappa shape index (κ2) is 39.4. The van der Waals surface area contributed by atoms with Crippen molar-refractivity contribution in [2.45, 2.75) is 174 Å². The normalized spacial score (nSPS) is 14.0. The second-order valence-corrected chi connectivity index (χ2v) is 15.0. The molecule has 2 unspecified atom stereocenters. The van der Waals surface area contributed by atoms with Crippen molar-refractivity contribution in [3.8, 4) is 0 Å². The maximum absolute atomic E-state index is 12.5. The Morgan fingerprint density at radius 3 is 1.53 bits per heavy atom. The molecule has 0 fully saturated rings. The van der Waals surface area contributed by atoms with E-state index in [2.05, 4.69) is 62.5 Å². The Balaban J connectivity index is 4.32. The number of nitrogens with two attached hydrogens (primary N) is 1. The summed E-state index contributed by atoms with van der Waals surface area (Å²) in [6.45, 7) is 3.61. The maximum atomic E-state index is 12.5. The van der Waals surface area contributed by atoms with Crippen LogP contribution in [0.5, 0.6) is 0 Å². The Labute approximate surface area is 323 Å². The van der Waals surface area contributed by atoms with Gasteiger partial charge in [0.25, 0.3) is 0 Å². The van der Waals surface area contributed by atoms with Gasteiger partial charge in [0.05, 0.1) is 13.2 Å². The fourth-order valence-electron chi connectivity index (χ4n) is 5.32. The van der Waals surface area contributed by atoms with Crippen molar-refractivity contribution in [3.63, 3.8) is 0 Å². The summed E-state index contributed by atoms with van der Waals surface area (Å²) in [5.74, 6) is -0.926. The Bertz CT molecular complexity index is 1050. The van der Waals surface area contributed by atoms with E-state index in [-0.39, 0.29) is 32.6 Å². The monoisotopic (exact) mass is 766 g/mol. The molecule has 0 heterocycles. The molecule has 3 N–H and O–H groups in total. The minimum Gasteiger partial charge on any atom is -0.462 e. The molecule has 0 saturated heterocycles. The molecule has 0 aromatic rings. The molecule has 0 aromatic heterocycles. The first-order chi connectivity index (χ1) is 25.8. The van der Waals surface area contributed by atoms with Crippen LogP contribution >= 0.6 is 7.82 Å². The number of phosphoric acid groups is 1. The highest BCUT2D eigenvalue weighted by Gasteiger charge is 2.25. The molecule has 0 aliphatic carbocycles. The molecule has 9 nitrogen and oxygen atoms in total. The molecule has 0 amide bonds. The highest BCUT2D eigenvalue weighted by molar-refractivity contribution is 7.47. The molecule has 0 saturated carbocycles. The topological polar surface area (TPSA) is 134 Å². The van der Waals surface area contributed by atoms with Crippen LogP contribution in [-0.4, -0.2) is 49.3 Å². The van der Waals surface area contributed by atoms with Crippen LogP contribution in [0.2, 0.25) is 0 Å². The summed E-state index contributed by atoms with van der Waals surface area (Å²) in [6, 6.07) is 0. The summed E-state index contributed by atoms with van der Waals surface area (Å²) in [5, 5.41) is 0. The van der Waals surface area contributed by atoms with Crippen LogP contribution in [0.4, 0.5) is 0 Å². The van der Waals surface area contributed by atoms with Crippen LogP contribution in [-0.2, 0) is 32.7 Å². The number of esters is 2. The van der Waals surface area contributed by atoms with Crippen LogP contribution < -0.4 is 5.73 Å². The largest absolute Gasteiger partial charge is 0.472 e. The molecule has 53 heavy (non-hydrogen) atoms. The van der Waals surface area contributed by atoms with Gasteiger partial charge in [0, 0.05) is 19.4 Å². The third-order valence-electron chi connectivity index (χ3n) is 8.42. The van der Waals surface area contributed by atoms with Gasteiger partial charge in [-0.1, -0.05) is 164 Å².